The van der Waals surface area contributed by atoms with Crippen molar-refractivity contribution >= 4 is 5.91 Å². The first-order valence-corrected chi connectivity index (χ1v) is 8.07. The highest BCUT2D eigenvalue weighted by Crippen LogP contribution is 2.26. The Balaban J connectivity index is 1.58. The number of ether oxygens (including phenoxy) is 1. The lowest BCUT2D eigenvalue weighted by atomic mass is 10.1. The molecule has 5 heteroatoms. The van der Waals surface area contributed by atoms with Gasteiger partial charge in [0.2, 0.25) is 5.91 Å². The number of amides is 1. The highest BCUT2D eigenvalue weighted by molar-refractivity contribution is 5.82. The smallest absolute Gasteiger partial charge is 0.237 e. The lowest BCUT2D eigenvalue weighted by Gasteiger charge is -2.35. The van der Waals surface area contributed by atoms with E-state index in [1.165, 1.54) is 0 Å². The third-order valence-corrected chi connectivity index (χ3v) is 5.06. The summed E-state index contributed by atoms with van der Waals surface area (Å²) in [5.74, 6) is 0.125. The van der Waals surface area contributed by atoms with Crippen LogP contribution in [0.25, 0.3) is 0 Å². The van der Waals surface area contributed by atoms with Gasteiger partial charge in [-0.05, 0) is 51.5 Å². The topological polar surface area (TPSA) is 61.8 Å². The van der Waals surface area contributed by atoms with E-state index in [4.69, 9.17) is 4.74 Å². The average molecular weight is 282 g/mol. The Morgan fingerprint density at radius 1 is 1.10 bits per heavy atom. The molecule has 0 radical (unpaired) electrons. The lowest BCUT2D eigenvalue weighted by molar-refractivity contribution is -0.128. The van der Waals surface area contributed by atoms with Crippen LogP contribution in [0.4, 0.5) is 0 Å². The normalized spacial score (nSPS) is 36.4. The summed E-state index contributed by atoms with van der Waals surface area (Å²) < 4.78 is 5.42. The molecular weight excluding hydrogens is 256 g/mol. The summed E-state index contributed by atoms with van der Waals surface area (Å²) in [5.41, 5.74) is 0. The van der Waals surface area contributed by atoms with Gasteiger partial charge in [-0.15, -0.1) is 0 Å². The molecule has 5 nitrogen and oxygen atoms in total. The number of aliphatic hydroxyl groups excluding tert-OH is 1. The number of carbonyl (C=O) groups is 1. The van der Waals surface area contributed by atoms with Crippen LogP contribution in [-0.2, 0) is 9.53 Å². The van der Waals surface area contributed by atoms with E-state index >= 15 is 0 Å². The van der Waals surface area contributed by atoms with E-state index in [-0.39, 0.29) is 24.1 Å². The van der Waals surface area contributed by atoms with Crippen LogP contribution in [0.2, 0.25) is 0 Å². The van der Waals surface area contributed by atoms with E-state index in [2.05, 4.69) is 10.2 Å². The van der Waals surface area contributed by atoms with Crippen LogP contribution in [0.5, 0.6) is 0 Å². The predicted molar refractivity (Wildman–Crippen MR) is 75.4 cm³/mol. The van der Waals surface area contributed by atoms with E-state index < -0.39 is 0 Å². The average Bonchev–Trinajstić information content (AvgIpc) is 3.09. The van der Waals surface area contributed by atoms with Gasteiger partial charge in [0.05, 0.1) is 18.2 Å². The maximum absolute atomic E-state index is 12.5. The molecule has 0 bridgehead atoms. The van der Waals surface area contributed by atoms with Crippen molar-refractivity contribution in [2.45, 2.75) is 69.2 Å². The van der Waals surface area contributed by atoms with Crippen molar-refractivity contribution in [2.24, 2.45) is 0 Å². The number of nitrogens with zero attached hydrogens (tertiary/aromatic N) is 1. The standard InChI is InChI=1S/C15H26N2O3/c18-14-5-1-3-12(14)16-15(19)13-4-2-8-17(13)11-6-9-20-10-7-11/h11-14,18H,1-10H2,(H,16,19)/t12-,13-,14-/m1/s1. The number of hydrogen-bond donors (Lipinski definition) is 2. The molecule has 3 atom stereocenters. The highest BCUT2D eigenvalue weighted by atomic mass is 16.5. The number of rotatable bonds is 3. The van der Waals surface area contributed by atoms with Crippen molar-refractivity contribution in [2.75, 3.05) is 19.8 Å². The van der Waals surface area contributed by atoms with Gasteiger partial charge in [0.1, 0.15) is 0 Å². The van der Waals surface area contributed by atoms with Crippen LogP contribution in [0.15, 0.2) is 0 Å². The summed E-state index contributed by atoms with van der Waals surface area (Å²) in [7, 11) is 0. The third kappa shape index (κ3) is 3.00. The molecule has 0 aromatic heterocycles. The second-order valence-corrected chi connectivity index (χ2v) is 6.35. The fourth-order valence-corrected chi connectivity index (χ4v) is 3.91. The Morgan fingerprint density at radius 2 is 1.90 bits per heavy atom. The second-order valence-electron chi connectivity index (χ2n) is 6.35. The van der Waals surface area contributed by atoms with E-state index in [1.807, 2.05) is 0 Å². The van der Waals surface area contributed by atoms with E-state index in [0.717, 1.165) is 64.7 Å². The lowest BCUT2D eigenvalue weighted by Crippen LogP contribution is -2.52. The molecule has 3 aliphatic rings. The van der Waals surface area contributed by atoms with Gasteiger partial charge in [-0.3, -0.25) is 9.69 Å². The molecule has 2 aliphatic heterocycles. The summed E-state index contributed by atoms with van der Waals surface area (Å²) in [6, 6.07) is 0.473. The molecule has 2 N–H and O–H groups in total. The van der Waals surface area contributed by atoms with Crippen LogP contribution in [-0.4, -0.2) is 59.9 Å². The fourth-order valence-electron chi connectivity index (χ4n) is 3.91. The molecule has 0 aromatic rings. The minimum absolute atomic E-state index is 0.00546. The first kappa shape index (κ1) is 14.3. The van der Waals surface area contributed by atoms with Crippen molar-refractivity contribution in [3.8, 4) is 0 Å². The molecule has 0 unspecified atom stereocenters. The van der Waals surface area contributed by atoms with Gasteiger partial charge < -0.3 is 15.2 Å². The predicted octanol–water partition coefficient (Wildman–Crippen LogP) is 0.659. The van der Waals surface area contributed by atoms with Gasteiger partial charge in [-0.1, -0.05) is 0 Å². The number of aliphatic hydroxyl groups is 1. The van der Waals surface area contributed by atoms with Crippen LogP contribution in [0.3, 0.4) is 0 Å². The molecule has 20 heavy (non-hydrogen) atoms. The van der Waals surface area contributed by atoms with Gasteiger partial charge in [0.25, 0.3) is 0 Å². The molecule has 0 spiro atoms. The number of nitrogens with one attached hydrogen (secondary N) is 1. The Hall–Kier alpha value is -0.650. The van der Waals surface area contributed by atoms with Gasteiger partial charge in [-0.2, -0.15) is 0 Å². The third-order valence-electron chi connectivity index (χ3n) is 5.06. The summed E-state index contributed by atoms with van der Waals surface area (Å²) >= 11 is 0. The minimum Gasteiger partial charge on any atom is -0.391 e. The Bertz CT molecular complexity index is 344. The second kappa shape index (κ2) is 6.41. The zero-order valence-electron chi connectivity index (χ0n) is 12.1. The minimum atomic E-state index is -0.350. The largest absolute Gasteiger partial charge is 0.391 e. The van der Waals surface area contributed by atoms with Gasteiger partial charge in [0, 0.05) is 19.3 Å². The van der Waals surface area contributed by atoms with Crippen molar-refractivity contribution in [1.29, 1.82) is 0 Å². The molecule has 2 saturated heterocycles. The molecule has 3 rings (SSSR count). The number of carbonyl (C=O) groups excluding carboxylic acids is 1. The van der Waals surface area contributed by atoms with Gasteiger partial charge in [-0.25, -0.2) is 0 Å². The maximum Gasteiger partial charge on any atom is 0.237 e. The van der Waals surface area contributed by atoms with Crippen molar-refractivity contribution in [3.05, 3.63) is 0 Å². The molecular formula is C15H26N2O3. The van der Waals surface area contributed by atoms with Crippen molar-refractivity contribution in [1.82, 2.24) is 10.2 Å². The molecule has 2 heterocycles. The molecule has 114 valence electrons. The van der Waals surface area contributed by atoms with Crippen LogP contribution >= 0.6 is 0 Å². The van der Waals surface area contributed by atoms with Gasteiger partial charge >= 0.3 is 0 Å². The summed E-state index contributed by atoms with van der Waals surface area (Å²) in [5, 5.41) is 12.9. The number of hydrogen-bond acceptors (Lipinski definition) is 4. The molecule has 0 aromatic carbocycles. The first-order chi connectivity index (χ1) is 9.75. The molecule has 1 saturated carbocycles. The van der Waals surface area contributed by atoms with E-state index in [0.29, 0.717) is 6.04 Å². The number of likely N-dealkylation sites (tertiary alicyclic amines) is 1. The Labute approximate surface area is 120 Å². The zero-order valence-corrected chi connectivity index (χ0v) is 12.1. The van der Waals surface area contributed by atoms with Crippen LogP contribution in [0, 0.1) is 0 Å². The quantitative estimate of drug-likeness (QED) is 0.798. The maximum atomic E-state index is 12.5. The van der Waals surface area contributed by atoms with Crippen LogP contribution < -0.4 is 5.32 Å². The van der Waals surface area contributed by atoms with E-state index in [1.54, 1.807) is 0 Å². The summed E-state index contributed by atoms with van der Waals surface area (Å²) in [6.07, 6.45) is 6.52. The monoisotopic (exact) mass is 282 g/mol. The SMILES string of the molecule is O=C(N[C@@H]1CCC[C@H]1O)[C@H]1CCCN1C1CCOCC1. The Morgan fingerprint density at radius 3 is 2.60 bits per heavy atom. The summed E-state index contributed by atoms with van der Waals surface area (Å²) in [6.45, 7) is 2.66. The first-order valence-electron chi connectivity index (χ1n) is 8.07. The van der Waals surface area contributed by atoms with Crippen LogP contribution in [0.1, 0.15) is 44.9 Å². The highest BCUT2D eigenvalue weighted by Gasteiger charge is 2.37. The molecule has 1 aliphatic carbocycles. The Kier molecular flexibility index (Phi) is 4.58. The molecule has 1 amide bonds. The van der Waals surface area contributed by atoms with Gasteiger partial charge in [0.15, 0.2) is 0 Å². The summed E-state index contributed by atoms with van der Waals surface area (Å²) in [4.78, 5) is 14.9. The van der Waals surface area contributed by atoms with E-state index in [9.17, 15) is 9.90 Å². The zero-order chi connectivity index (χ0) is 13.9. The van der Waals surface area contributed by atoms with Crippen molar-refractivity contribution in [3.63, 3.8) is 0 Å². The van der Waals surface area contributed by atoms with Crippen molar-refractivity contribution < 1.29 is 14.6 Å². The fraction of sp³-hybridized carbons (Fsp3) is 0.933. The molecule has 3 fully saturated rings.